The molecule has 21 heavy (non-hydrogen) atoms. The molecule has 2 rings (SSSR count). The highest BCUT2D eigenvalue weighted by Crippen LogP contribution is 2.49. The molecule has 1 aliphatic carbocycles. The normalized spacial score (nSPS) is 16.6. The second-order valence-corrected chi connectivity index (χ2v) is 7.35. The molecule has 1 aromatic rings. The third-order valence-corrected chi connectivity index (χ3v) is 5.08. The lowest BCUT2D eigenvalue weighted by Crippen LogP contribution is -2.31. The number of hydrogen-bond donors (Lipinski definition) is 1. The number of anilines is 1. The van der Waals surface area contributed by atoms with E-state index in [4.69, 9.17) is 4.74 Å². The third-order valence-electron chi connectivity index (χ3n) is 4.28. The lowest BCUT2D eigenvalue weighted by atomic mass is 9.90. The number of esters is 1. The molecule has 0 unspecified atom stereocenters. The lowest BCUT2D eigenvalue weighted by Gasteiger charge is -2.19. The van der Waals surface area contributed by atoms with E-state index in [1.165, 1.54) is 25.7 Å². The molecule has 0 spiro atoms. The van der Waals surface area contributed by atoms with Crippen molar-refractivity contribution in [2.24, 2.45) is 5.41 Å². The SMILES string of the molecule is CCCC1(CNc2nc(C(C)(C)C(=O)OCC)cs2)CC1. The zero-order valence-corrected chi connectivity index (χ0v) is 14.3. The van der Waals surface area contributed by atoms with E-state index in [1.54, 1.807) is 11.3 Å². The lowest BCUT2D eigenvalue weighted by molar-refractivity contribution is -0.148. The molecule has 0 bridgehead atoms. The Balaban J connectivity index is 1.96. The molecule has 5 heteroatoms. The summed E-state index contributed by atoms with van der Waals surface area (Å²) in [5.74, 6) is -0.216. The standard InChI is InChI=1S/C16H26N2O2S/c1-5-7-16(8-9-16)11-17-14-18-12(10-21-14)15(3,4)13(19)20-6-2/h10H,5-9,11H2,1-4H3,(H,17,18). The summed E-state index contributed by atoms with van der Waals surface area (Å²) >= 11 is 1.57. The van der Waals surface area contributed by atoms with Crippen LogP contribution in [0.1, 0.15) is 59.1 Å². The summed E-state index contributed by atoms with van der Waals surface area (Å²) in [6.07, 6.45) is 5.16. The molecule has 1 aliphatic rings. The minimum absolute atomic E-state index is 0.216. The topological polar surface area (TPSA) is 51.2 Å². The maximum Gasteiger partial charge on any atom is 0.317 e. The predicted molar refractivity (Wildman–Crippen MR) is 86.8 cm³/mol. The Morgan fingerprint density at radius 1 is 1.48 bits per heavy atom. The van der Waals surface area contributed by atoms with Gasteiger partial charge in [0.2, 0.25) is 0 Å². The second kappa shape index (κ2) is 6.34. The maximum atomic E-state index is 12.0. The molecule has 118 valence electrons. The first kappa shape index (κ1) is 16.3. The van der Waals surface area contributed by atoms with Gasteiger partial charge in [-0.15, -0.1) is 11.3 Å². The summed E-state index contributed by atoms with van der Waals surface area (Å²) in [6, 6.07) is 0. The van der Waals surface area contributed by atoms with Gasteiger partial charge in [0.25, 0.3) is 0 Å². The fourth-order valence-corrected chi connectivity index (χ4v) is 3.42. The Morgan fingerprint density at radius 2 is 2.19 bits per heavy atom. The quantitative estimate of drug-likeness (QED) is 0.738. The van der Waals surface area contributed by atoms with Crippen LogP contribution in [0.2, 0.25) is 0 Å². The highest BCUT2D eigenvalue weighted by atomic mass is 32.1. The second-order valence-electron chi connectivity index (χ2n) is 6.49. The Morgan fingerprint density at radius 3 is 2.76 bits per heavy atom. The molecule has 0 atom stereocenters. The molecule has 0 saturated heterocycles. The van der Waals surface area contributed by atoms with Gasteiger partial charge >= 0.3 is 5.97 Å². The fraction of sp³-hybridized carbons (Fsp3) is 0.750. The van der Waals surface area contributed by atoms with Crippen molar-refractivity contribution in [2.45, 2.75) is 58.8 Å². The Kier molecular flexibility index (Phi) is 4.91. The number of hydrogen-bond acceptors (Lipinski definition) is 5. The molecule has 1 fully saturated rings. The van der Waals surface area contributed by atoms with E-state index < -0.39 is 5.41 Å². The first-order valence-electron chi connectivity index (χ1n) is 7.80. The van der Waals surface area contributed by atoms with Gasteiger partial charge in [-0.05, 0) is 45.4 Å². The highest BCUT2D eigenvalue weighted by Gasteiger charge is 2.41. The first-order chi connectivity index (χ1) is 9.93. The number of carbonyl (C=O) groups excluding carboxylic acids is 1. The molecular formula is C16H26N2O2S. The number of thiazole rings is 1. The summed E-state index contributed by atoms with van der Waals surface area (Å²) in [6.45, 7) is 9.19. The van der Waals surface area contributed by atoms with Crippen LogP contribution in [0.5, 0.6) is 0 Å². The molecular weight excluding hydrogens is 284 g/mol. The molecule has 4 nitrogen and oxygen atoms in total. The molecule has 0 aromatic carbocycles. The van der Waals surface area contributed by atoms with Crippen molar-refractivity contribution in [3.05, 3.63) is 11.1 Å². The number of nitrogens with zero attached hydrogens (tertiary/aromatic N) is 1. The Hall–Kier alpha value is -1.10. The monoisotopic (exact) mass is 310 g/mol. The van der Waals surface area contributed by atoms with E-state index in [2.05, 4.69) is 17.2 Å². The van der Waals surface area contributed by atoms with Crippen LogP contribution in [-0.4, -0.2) is 24.1 Å². The van der Waals surface area contributed by atoms with Crippen LogP contribution in [0.3, 0.4) is 0 Å². The van der Waals surface area contributed by atoms with Gasteiger partial charge in [-0.1, -0.05) is 13.3 Å². The molecule has 0 radical (unpaired) electrons. The molecule has 0 aliphatic heterocycles. The first-order valence-corrected chi connectivity index (χ1v) is 8.68. The number of ether oxygens (including phenoxy) is 1. The largest absolute Gasteiger partial charge is 0.465 e. The summed E-state index contributed by atoms with van der Waals surface area (Å²) < 4.78 is 5.13. The molecule has 1 N–H and O–H groups in total. The summed E-state index contributed by atoms with van der Waals surface area (Å²) in [5, 5.41) is 6.32. The van der Waals surface area contributed by atoms with E-state index >= 15 is 0 Å². The van der Waals surface area contributed by atoms with Gasteiger partial charge in [0.15, 0.2) is 5.13 Å². The van der Waals surface area contributed by atoms with Gasteiger partial charge in [-0.2, -0.15) is 0 Å². The van der Waals surface area contributed by atoms with Gasteiger partial charge in [0.05, 0.1) is 12.3 Å². The van der Waals surface area contributed by atoms with Gasteiger partial charge in [0, 0.05) is 11.9 Å². The number of aromatic nitrogens is 1. The van der Waals surface area contributed by atoms with Crippen LogP contribution >= 0.6 is 11.3 Å². The van der Waals surface area contributed by atoms with E-state index in [0.29, 0.717) is 12.0 Å². The minimum Gasteiger partial charge on any atom is -0.465 e. The van der Waals surface area contributed by atoms with Crippen LogP contribution in [0.25, 0.3) is 0 Å². The van der Waals surface area contributed by atoms with E-state index in [0.717, 1.165) is 17.4 Å². The minimum atomic E-state index is -0.687. The molecule has 1 aromatic heterocycles. The van der Waals surface area contributed by atoms with Crippen molar-refractivity contribution in [1.82, 2.24) is 4.98 Å². The fourth-order valence-electron chi connectivity index (χ4n) is 2.54. The van der Waals surface area contributed by atoms with Crippen LogP contribution in [-0.2, 0) is 14.9 Å². The number of nitrogens with one attached hydrogen (secondary N) is 1. The predicted octanol–water partition coefficient (Wildman–Crippen LogP) is 3.98. The Labute approximate surface area is 131 Å². The van der Waals surface area contributed by atoms with Crippen molar-refractivity contribution in [2.75, 3.05) is 18.5 Å². The zero-order chi connectivity index (χ0) is 15.5. The van der Waals surface area contributed by atoms with Crippen molar-refractivity contribution in [3.63, 3.8) is 0 Å². The van der Waals surface area contributed by atoms with Gasteiger partial charge in [0.1, 0.15) is 5.41 Å². The van der Waals surface area contributed by atoms with Crippen LogP contribution in [0.15, 0.2) is 5.38 Å². The van der Waals surface area contributed by atoms with E-state index in [-0.39, 0.29) is 5.97 Å². The van der Waals surface area contributed by atoms with Gasteiger partial charge in [-0.25, -0.2) is 4.98 Å². The average Bonchev–Trinajstić information content (AvgIpc) is 3.03. The van der Waals surface area contributed by atoms with Crippen LogP contribution in [0.4, 0.5) is 5.13 Å². The zero-order valence-electron chi connectivity index (χ0n) is 13.5. The molecule has 0 amide bonds. The van der Waals surface area contributed by atoms with Crippen LogP contribution < -0.4 is 5.32 Å². The third kappa shape index (κ3) is 3.76. The van der Waals surface area contributed by atoms with Gasteiger partial charge in [-0.3, -0.25) is 4.79 Å². The van der Waals surface area contributed by atoms with Crippen LogP contribution in [0, 0.1) is 5.41 Å². The summed E-state index contributed by atoms with van der Waals surface area (Å²) in [7, 11) is 0. The number of carbonyl (C=O) groups is 1. The van der Waals surface area contributed by atoms with E-state index in [1.807, 2.05) is 26.2 Å². The summed E-state index contributed by atoms with van der Waals surface area (Å²) in [4.78, 5) is 16.6. The van der Waals surface area contributed by atoms with E-state index in [9.17, 15) is 4.79 Å². The van der Waals surface area contributed by atoms with Gasteiger partial charge < -0.3 is 10.1 Å². The average molecular weight is 310 g/mol. The summed E-state index contributed by atoms with van der Waals surface area (Å²) in [5.41, 5.74) is 0.596. The molecule has 1 saturated carbocycles. The van der Waals surface area contributed by atoms with Crippen molar-refractivity contribution < 1.29 is 9.53 Å². The number of rotatable bonds is 8. The van der Waals surface area contributed by atoms with Crippen molar-refractivity contribution in [3.8, 4) is 0 Å². The van der Waals surface area contributed by atoms with Crippen molar-refractivity contribution >= 4 is 22.4 Å². The smallest absolute Gasteiger partial charge is 0.317 e. The highest BCUT2D eigenvalue weighted by molar-refractivity contribution is 7.13. The molecule has 1 heterocycles. The van der Waals surface area contributed by atoms with Crippen molar-refractivity contribution in [1.29, 1.82) is 0 Å². The Bertz CT molecular complexity index is 492. The maximum absolute atomic E-state index is 12.0.